The maximum Gasteiger partial charge on any atom is 0.344 e. The van der Waals surface area contributed by atoms with Gasteiger partial charge in [0.05, 0.1) is 5.56 Å². The summed E-state index contributed by atoms with van der Waals surface area (Å²) in [5.74, 6) is -1.26. The number of amides is 3. The first-order valence-electron chi connectivity index (χ1n) is 8.01. The Labute approximate surface area is 144 Å². The van der Waals surface area contributed by atoms with Crippen molar-refractivity contribution in [2.75, 3.05) is 13.2 Å². The molecule has 2 rings (SSSR count). The number of para-hydroxylation sites is 1. The van der Waals surface area contributed by atoms with Gasteiger partial charge in [-0.25, -0.2) is 9.59 Å². The molecule has 134 valence electrons. The van der Waals surface area contributed by atoms with E-state index in [4.69, 9.17) is 9.47 Å². The Morgan fingerprint density at radius 2 is 1.84 bits per heavy atom. The summed E-state index contributed by atoms with van der Waals surface area (Å²) >= 11 is 0. The molecular formula is C17H20N2O6. The van der Waals surface area contributed by atoms with Crippen molar-refractivity contribution in [2.24, 2.45) is 0 Å². The molecule has 1 aliphatic carbocycles. The fraction of sp³-hybridized carbons (Fsp3) is 0.412. The van der Waals surface area contributed by atoms with Crippen LogP contribution in [-0.4, -0.2) is 43.4 Å². The van der Waals surface area contributed by atoms with Gasteiger partial charge in [-0.15, -0.1) is 0 Å². The summed E-state index contributed by atoms with van der Waals surface area (Å²) in [5, 5.41) is 4.79. The van der Waals surface area contributed by atoms with Gasteiger partial charge in [0, 0.05) is 6.04 Å². The number of nitrogens with one attached hydrogen (secondary N) is 2. The predicted octanol–water partition coefficient (Wildman–Crippen LogP) is 1.19. The second-order valence-electron chi connectivity index (χ2n) is 5.61. The van der Waals surface area contributed by atoms with Crippen molar-refractivity contribution in [3.63, 3.8) is 0 Å². The third-order valence-electron chi connectivity index (χ3n) is 3.70. The molecule has 0 aliphatic heterocycles. The maximum absolute atomic E-state index is 11.6. The molecule has 0 atom stereocenters. The topological polar surface area (TPSA) is 111 Å². The summed E-state index contributed by atoms with van der Waals surface area (Å²) in [6, 6.07) is 5.90. The standard InChI is InChI=1S/C17H20N2O6/c20-9-12-5-1-4-8-14(12)24-11-16(22)25-10-15(21)19-17(23)18-13-6-2-3-7-13/h1,4-5,8-9,13H,2-3,6-7,10-11H2,(H2,18,19,21,23). The van der Waals surface area contributed by atoms with Crippen LogP contribution in [0.5, 0.6) is 5.75 Å². The van der Waals surface area contributed by atoms with Gasteiger partial charge in [0.15, 0.2) is 19.5 Å². The van der Waals surface area contributed by atoms with Gasteiger partial charge in [-0.2, -0.15) is 0 Å². The summed E-state index contributed by atoms with van der Waals surface area (Å²) in [7, 11) is 0. The van der Waals surface area contributed by atoms with Gasteiger partial charge in [0.2, 0.25) is 0 Å². The molecule has 3 amide bonds. The van der Waals surface area contributed by atoms with Crippen molar-refractivity contribution in [1.82, 2.24) is 10.6 Å². The largest absolute Gasteiger partial charge is 0.481 e. The third-order valence-corrected chi connectivity index (χ3v) is 3.70. The second-order valence-corrected chi connectivity index (χ2v) is 5.61. The van der Waals surface area contributed by atoms with Gasteiger partial charge in [0.25, 0.3) is 5.91 Å². The highest BCUT2D eigenvalue weighted by Crippen LogP contribution is 2.17. The number of urea groups is 1. The molecular weight excluding hydrogens is 328 g/mol. The van der Waals surface area contributed by atoms with Crippen molar-refractivity contribution in [3.05, 3.63) is 29.8 Å². The molecule has 0 radical (unpaired) electrons. The number of carbonyl (C=O) groups excluding carboxylic acids is 4. The van der Waals surface area contributed by atoms with E-state index in [9.17, 15) is 19.2 Å². The van der Waals surface area contributed by atoms with Crippen LogP contribution in [0.25, 0.3) is 0 Å². The highest BCUT2D eigenvalue weighted by atomic mass is 16.6. The lowest BCUT2D eigenvalue weighted by atomic mass is 10.2. The molecule has 1 aromatic carbocycles. The van der Waals surface area contributed by atoms with Crippen LogP contribution in [0.2, 0.25) is 0 Å². The van der Waals surface area contributed by atoms with E-state index in [1.807, 2.05) is 0 Å². The first kappa shape index (κ1) is 18.4. The number of aldehydes is 1. The zero-order valence-corrected chi connectivity index (χ0v) is 13.7. The average Bonchev–Trinajstić information content (AvgIpc) is 3.11. The Morgan fingerprint density at radius 1 is 1.12 bits per heavy atom. The lowest BCUT2D eigenvalue weighted by Crippen LogP contribution is -2.45. The van der Waals surface area contributed by atoms with E-state index < -0.39 is 31.1 Å². The fourth-order valence-electron chi connectivity index (χ4n) is 2.49. The molecule has 0 saturated heterocycles. The molecule has 1 aromatic rings. The molecule has 8 heteroatoms. The summed E-state index contributed by atoms with van der Waals surface area (Å²) in [5.41, 5.74) is 0.302. The Hall–Kier alpha value is -2.90. The van der Waals surface area contributed by atoms with Gasteiger partial charge >= 0.3 is 12.0 Å². The molecule has 0 spiro atoms. The number of esters is 1. The summed E-state index contributed by atoms with van der Waals surface area (Å²) < 4.78 is 9.90. The minimum atomic E-state index is -0.785. The second kappa shape index (κ2) is 9.41. The molecule has 0 aromatic heterocycles. The van der Waals surface area contributed by atoms with E-state index in [-0.39, 0.29) is 11.8 Å². The minimum absolute atomic E-state index is 0.0848. The molecule has 1 aliphatic rings. The first-order chi connectivity index (χ1) is 12.1. The number of benzene rings is 1. The zero-order chi connectivity index (χ0) is 18.1. The van der Waals surface area contributed by atoms with Crippen molar-refractivity contribution < 1.29 is 28.7 Å². The monoisotopic (exact) mass is 348 g/mol. The van der Waals surface area contributed by atoms with Gasteiger partial charge in [0.1, 0.15) is 5.75 Å². The molecule has 0 heterocycles. The fourth-order valence-corrected chi connectivity index (χ4v) is 2.49. The van der Waals surface area contributed by atoms with Crippen LogP contribution in [0, 0.1) is 0 Å². The number of rotatable bonds is 7. The van der Waals surface area contributed by atoms with Crippen LogP contribution in [-0.2, 0) is 14.3 Å². The number of carbonyl (C=O) groups is 4. The smallest absolute Gasteiger partial charge is 0.344 e. The Balaban J connectivity index is 1.66. The third kappa shape index (κ3) is 6.25. The summed E-state index contributed by atoms with van der Waals surface area (Å²) in [6.07, 6.45) is 4.52. The first-order valence-corrected chi connectivity index (χ1v) is 8.01. The van der Waals surface area contributed by atoms with Crippen LogP contribution in [0.1, 0.15) is 36.0 Å². The highest BCUT2D eigenvalue weighted by molar-refractivity contribution is 5.95. The van der Waals surface area contributed by atoms with Gasteiger partial charge in [-0.1, -0.05) is 25.0 Å². The lowest BCUT2D eigenvalue weighted by Gasteiger charge is -2.12. The number of hydrogen-bond donors (Lipinski definition) is 2. The quantitative estimate of drug-likeness (QED) is 0.566. The number of hydrogen-bond acceptors (Lipinski definition) is 6. The number of imide groups is 1. The molecule has 0 unspecified atom stereocenters. The van der Waals surface area contributed by atoms with Crippen molar-refractivity contribution in [1.29, 1.82) is 0 Å². The normalized spacial score (nSPS) is 13.8. The number of ether oxygens (including phenoxy) is 2. The van der Waals surface area contributed by atoms with Crippen molar-refractivity contribution in [3.8, 4) is 5.75 Å². The van der Waals surface area contributed by atoms with Crippen LogP contribution in [0.4, 0.5) is 4.79 Å². The van der Waals surface area contributed by atoms with Crippen molar-refractivity contribution >= 4 is 24.2 Å². The van der Waals surface area contributed by atoms with Crippen LogP contribution in [0.3, 0.4) is 0 Å². The van der Waals surface area contributed by atoms with Crippen LogP contribution < -0.4 is 15.4 Å². The van der Waals surface area contributed by atoms with Gasteiger partial charge in [-0.05, 0) is 25.0 Å². The molecule has 2 N–H and O–H groups in total. The van der Waals surface area contributed by atoms with E-state index in [1.165, 1.54) is 6.07 Å². The average molecular weight is 348 g/mol. The Bertz CT molecular complexity index is 640. The van der Waals surface area contributed by atoms with Crippen LogP contribution in [0.15, 0.2) is 24.3 Å². The van der Waals surface area contributed by atoms with E-state index in [0.29, 0.717) is 11.8 Å². The molecule has 0 bridgehead atoms. The zero-order valence-electron chi connectivity index (χ0n) is 13.7. The molecule has 8 nitrogen and oxygen atoms in total. The van der Waals surface area contributed by atoms with E-state index in [1.54, 1.807) is 18.2 Å². The van der Waals surface area contributed by atoms with Gasteiger partial charge in [-0.3, -0.25) is 14.9 Å². The summed E-state index contributed by atoms with van der Waals surface area (Å²) in [4.78, 5) is 45.6. The van der Waals surface area contributed by atoms with Crippen molar-refractivity contribution in [2.45, 2.75) is 31.7 Å². The van der Waals surface area contributed by atoms with E-state index in [0.717, 1.165) is 25.7 Å². The highest BCUT2D eigenvalue weighted by Gasteiger charge is 2.18. The Morgan fingerprint density at radius 3 is 2.56 bits per heavy atom. The van der Waals surface area contributed by atoms with Crippen LogP contribution >= 0.6 is 0 Å². The molecule has 1 saturated carbocycles. The van der Waals surface area contributed by atoms with E-state index in [2.05, 4.69) is 10.6 Å². The maximum atomic E-state index is 11.6. The lowest BCUT2D eigenvalue weighted by molar-refractivity contribution is -0.150. The predicted molar refractivity (Wildman–Crippen MR) is 87.2 cm³/mol. The SMILES string of the molecule is O=Cc1ccccc1OCC(=O)OCC(=O)NC(=O)NC1CCCC1. The minimum Gasteiger partial charge on any atom is -0.481 e. The van der Waals surface area contributed by atoms with Gasteiger partial charge < -0.3 is 14.8 Å². The Kier molecular flexibility index (Phi) is 6.94. The summed E-state index contributed by atoms with van der Waals surface area (Å²) in [6.45, 7) is -1.04. The molecule has 25 heavy (non-hydrogen) atoms. The van der Waals surface area contributed by atoms with E-state index >= 15 is 0 Å². The molecule has 1 fully saturated rings.